The van der Waals surface area contributed by atoms with Gasteiger partial charge in [0.1, 0.15) is 4.32 Å². The zero-order chi connectivity index (χ0) is 9.72. The highest BCUT2D eigenvalue weighted by Crippen LogP contribution is 2.26. The number of carbonyl (C=O) groups is 1. The van der Waals surface area contributed by atoms with E-state index in [1.807, 2.05) is 14.1 Å². The minimum Gasteiger partial charge on any atom is -0.363 e. The van der Waals surface area contributed by atoms with Gasteiger partial charge in [0, 0.05) is 39.0 Å². The first kappa shape index (κ1) is 12.1. The van der Waals surface area contributed by atoms with Gasteiger partial charge in [0.2, 0.25) is 0 Å². The molecule has 0 aliphatic heterocycles. The van der Waals surface area contributed by atoms with E-state index in [2.05, 4.69) is 0 Å². The van der Waals surface area contributed by atoms with Crippen LogP contribution in [0.2, 0.25) is 0 Å². The van der Waals surface area contributed by atoms with Crippen molar-refractivity contribution < 1.29 is 4.79 Å². The minimum absolute atomic E-state index is 0.00389. The third kappa shape index (κ3) is 4.84. The summed E-state index contributed by atoms with van der Waals surface area (Å²) in [6.07, 6.45) is 0. The Morgan fingerprint density at radius 2 is 1.58 bits per heavy atom. The monoisotopic (exact) mass is 224 g/mol. The maximum Gasteiger partial charge on any atom is 0.292 e. The molecule has 0 heterocycles. The van der Waals surface area contributed by atoms with Gasteiger partial charge in [-0.25, -0.2) is 0 Å². The Bertz CT molecular complexity index is 162. The summed E-state index contributed by atoms with van der Waals surface area (Å²) in [6.45, 7) is 0. The van der Waals surface area contributed by atoms with E-state index in [9.17, 15) is 4.79 Å². The summed E-state index contributed by atoms with van der Waals surface area (Å²) in [6, 6.07) is 0. The van der Waals surface area contributed by atoms with Crippen LogP contribution in [0.25, 0.3) is 0 Å². The third-order valence-electron chi connectivity index (χ3n) is 0.915. The Balaban J connectivity index is 3.69. The highest BCUT2D eigenvalue weighted by atomic mass is 33.1. The summed E-state index contributed by atoms with van der Waals surface area (Å²) in [7, 11) is 9.59. The molecule has 70 valence electrons. The second-order valence-corrected chi connectivity index (χ2v) is 5.20. The second kappa shape index (κ2) is 5.66. The van der Waals surface area contributed by atoms with Gasteiger partial charge in [-0.3, -0.25) is 4.79 Å². The van der Waals surface area contributed by atoms with E-state index in [4.69, 9.17) is 12.2 Å². The Labute approximate surface area is 86.3 Å². The average Bonchev–Trinajstić information content (AvgIpc) is 1.98. The molecule has 0 saturated heterocycles. The lowest BCUT2D eigenvalue weighted by Gasteiger charge is -2.13. The van der Waals surface area contributed by atoms with E-state index in [0.717, 1.165) is 10.8 Å². The molecule has 3 nitrogen and oxygen atoms in total. The fourth-order valence-electron chi connectivity index (χ4n) is 0.220. The zero-order valence-corrected chi connectivity index (χ0v) is 9.98. The second-order valence-electron chi connectivity index (χ2n) is 2.49. The number of amides is 1. The largest absolute Gasteiger partial charge is 0.363 e. The summed E-state index contributed by atoms with van der Waals surface area (Å²) in [5, 5.41) is 0.00389. The van der Waals surface area contributed by atoms with Gasteiger partial charge < -0.3 is 9.80 Å². The fourth-order valence-corrected chi connectivity index (χ4v) is 2.29. The minimum atomic E-state index is 0.00389. The predicted molar refractivity (Wildman–Crippen MR) is 60.6 cm³/mol. The van der Waals surface area contributed by atoms with Crippen molar-refractivity contribution in [2.45, 2.75) is 0 Å². The molecule has 0 rings (SSSR count). The molecule has 0 aromatic carbocycles. The molecule has 12 heavy (non-hydrogen) atoms. The highest BCUT2D eigenvalue weighted by Gasteiger charge is 2.08. The molecule has 0 aromatic rings. The third-order valence-corrected chi connectivity index (χ3v) is 4.10. The smallest absolute Gasteiger partial charge is 0.292 e. The van der Waals surface area contributed by atoms with Gasteiger partial charge in [0.05, 0.1) is 0 Å². The number of rotatable bonds is 0. The first-order chi connectivity index (χ1) is 5.45. The van der Waals surface area contributed by atoms with Crippen molar-refractivity contribution in [3.05, 3.63) is 0 Å². The van der Waals surface area contributed by atoms with Gasteiger partial charge in [-0.2, -0.15) is 0 Å². The van der Waals surface area contributed by atoms with Crippen LogP contribution in [0.15, 0.2) is 0 Å². The molecule has 0 fully saturated rings. The molecule has 0 bridgehead atoms. The van der Waals surface area contributed by atoms with Crippen molar-refractivity contribution in [1.29, 1.82) is 0 Å². The van der Waals surface area contributed by atoms with E-state index in [-0.39, 0.29) is 5.24 Å². The summed E-state index contributed by atoms with van der Waals surface area (Å²) in [5.74, 6) is 0. The number of hydrogen-bond acceptors (Lipinski definition) is 4. The van der Waals surface area contributed by atoms with Crippen LogP contribution in [0.3, 0.4) is 0 Å². The zero-order valence-electron chi connectivity index (χ0n) is 7.53. The van der Waals surface area contributed by atoms with Gasteiger partial charge in [-0.15, -0.1) is 0 Å². The highest BCUT2D eigenvalue weighted by molar-refractivity contribution is 8.88. The molecular formula is C6H12N2OS3. The summed E-state index contributed by atoms with van der Waals surface area (Å²) < 4.78 is 0.704. The van der Waals surface area contributed by atoms with E-state index < -0.39 is 0 Å². The Kier molecular flexibility index (Phi) is 5.69. The molecule has 1 amide bonds. The number of carbonyl (C=O) groups excluding carboxylic acids is 1. The van der Waals surface area contributed by atoms with Crippen molar-refractivity contribution in [3.8, 4) is 0 Å². The molecule has 6 heteroatoms. The van der Waals surface area contributed by atoms with Gasteiger partial charge in [-0.1, -0.05) is 12.2 Å². The van der Waals surface area contributed by atoms with Gasteiger partial charge >= 0.3 is 0 Å². The predicted octanol–water partition coefficient (Wildman–Crippen LogP) is 1.90. The lowest BCUT2D eigenvalue weighted by molar-refractivity contribution is 0.241. The number of nitrogens with zero attached hydrogens (tertiary/aromatic N) is 2. The van der Waals surface area contributed by atoms with Crippen LogP contribution in [0.4, 0.5) is 4.79 Å². The van der Waals surface area contributed by atoms with Gasteiger partial charge in [-0.05, 0) is 10.8 Å². The molecule has 0 unspecified atom stereocenters. The molecule has 0 saturated carbocycles. The van der Waals surface area contributed by atoms with Crippen molar-refractivity contribution in [1.82, 2.24) is 9.80 Å². The molecular weight excluding hydrogens is 212 g/mol. The van der Waals surface area contributed by atoms with E-state index in [1.54, 1.807) is 19.0 Å². The topological polar surface area (TPSA) is 23.6 Å². The quantitative estimate of drug-likeness (QED) is 0.462. The number of thiocarbonyl (C=S) groups is 1. The van der Waals surface area contributed by atoms with Crippen LogP contribution in [0.5, 0.6) is 0 Å². The van der Waals surface area contributed by atoms with Crippen LogP contribution in [0.1, 0.15) is 0 Å². The van der Waals surface area contributed by atoms with Crippen LogP contribution in [-0.4, -0.2) is 47.6 Å². The van der Waals surface area contributed by atoms with Crippen LogP contribution < -0.4 is 0 Å². The molecule has 0 atom stereocenters. The van der Waals surface area contributed by atoms with Gasteiger partial charge in [0.25, 0.3) is 5.24 Å². The Morgan fingerprint density at radius 3 is 1.92 bits per heavy atom. The van der Waals surface area contributed by atoms with Crippen molar-refractivity contribution >= 4 is 43.4 Å². The van der Waals surface area contributed by atoms with Crippen molar-refractivity contribution in [2.75, 3.05) is 28.2 Å². The maximum absolute atomic E-state index is 11.1. The van der Waals surface area contributed by atoms with E-state index >= 15 is 0 Å². The molecule has 0 aliphatic rings. The Morgan fingerprint density at radius 1 is 1.08 bits per heavy atom. The summed E-state index contributed by atoms with van der Waals surface area (Å²) in [4.78, 5) is 14.4. The normalized spacial score (nSPS) is 9.33. The standard InChI is InChI=1S/C6H12N2OS3/c1-7(2)5(9)11-12-6(10)8(3)4/h1-4H3. The first-order valence-electron chi connectivity index (χ1n) is 3.22. The molecule has 0 N–H and O–H groups in total. The molecule has 0 aliphatic carbocycles. The lowest BCUT2D eigenvalue weighted by atomic mass is 11.0. The molecule has 0 radical (unpaired) electrons. The van der Waals surface area contributed by atoms with Crippen LogP contribution in [0, 0.1) is 0 Å². The van der Waals surface area contributed by atoms with Crippen LogP contribution in [-0.2, 0) is 0 Å². The molecule has 0 spiro atoms. The van der Waals surface area contributed by atoms with Crippen LogP contribution >= 0.6 is 33.8 Å². The average molecular weight is 224 g/mol. The Hall–Kier alpha value is 0.0600. The van der Waals surface area contributed by atoms with E-state index in [1.165, 1.54) is 15.7 Å². The maximum atomic E-state index is 11.1. The van der Waals surface area contributed by atoms with Crippen molar-refractivity contribution in [2.24, 2.45) is 0 Å². The number of hydrogen-bond donors (Lipinski definition) is 0. The SMILES string of the molecule is CN(C)C(=O)SSC(=S)N(C)C. The van der Waals surface area contributed by atoms with E-state index in [0.29, 0.717) is 4.32 Å². The summed E-state index contributed by atoms with van der Waals surface area (Å²) >= 11 is 4.98. The fraction of sp³-hybridized carbons (Fsp3) is 0.667. The lowest BCUT2D eigenvalue weighted by Crippen LogP contribution is -2.18. The molecule has 0 aromatic heterocycles. The summed E-state index contributed by atoms with van der Waals surface area (Å²) in [5.41, 5.74) is 0. The van der Waals surface area contributed by atoms with Gasteiger partial charge in [0.15, 0.2) is 0 Å². The van der Waals surface area contributed by atoms with Crippen molar-refractivity contribution in [3.63, 3.8) is 0 Å². The first-order valence-corrected chi connectivity index (χ1v) is 5.78.